The van der Waals surface area contributed by atoms with E-state index in [9.17, 15) is 4.79 Å². The van der Waals surface area contributed by atoms with Crippen LogP contribution < -0.4 is 5.32 Å². The number of benzene rings is 2. The van der Waals surface area contributed by atoms with Crippen LogP contribution in [-0.2, 0) is 11.2 Å². The normalized spacial score (nSPS) is 9.62. The average molecular weight is 344 g/mol. The van der Waals surface area contributed by atoms with Gasteiger partial charge in [-0.25, -0.2) is 0 Å². The van der Waals surface area contributed by atoms with Crippen LogP contribution in [0.25, 0.3) is 0 Å². The summed E-state index contributed by atoms with van der Waals surface area (Å²) >= 11 is 3.39. The molecular weight excluding hydrogens is 330 g/mol. The molecule has 0 bridgehead atoms. The highest BCUT2D eigenvalue weighted by Gasteiger charge is 2.04. The first-order valence-corrected chi connectivity index (χ1v) is 7.21. The number of carbonyl (C=O) groups excluding carboxylic acids is 1. The van der Waals surface area contributed by atoms with Crippen LogP contribution in [0.4, 0.5) is 5.69 Å². The van der Waals surface area contributed by atoms with E-state index in [1.165, 1.54) is 0 Å². The van der Waals surface area contributed by atoms with Gasteiger partial charge in [-0.15, -0.1) is 0 Å². The van der Waals surface area contributed by atoms with Gasteiger partial charge in [0, 0.05) is 15.7 Å². The van der Waals surface area contributed by atoms with Crippen molar-refractivity contribution in [2.75, 3.05) is 11.9 Å². The first kappa shape index (κ1) is 15.3. The number of amides is 1. The van der Waals surface area contributed by atoms with Gasteiger partial charge < -0.3 is 10.4 Å². The average Bonchev–Trinajstić information content (AvgIpc) is 2.46. The molecule has 0 atom stereocenters. The van der Waals surface area contributed by atoms with Crippen molar-refractivity contribution in [2.24, 2.45) is 0 Å². The minimum absolute atomic E-state index is 0.0673. The van der Waals surface area contributed by atoms with Gasteiger partial charge in [0.25, 0.3) is 0 Å². The van der Waals surface area contributed by atoms with E-state index >= 15 is 0 Å². The molecule has 0 fully saturated rings. The lowest BCUT2D eigenvalue weighted by Crippen LogP contribution is -2.14. The number of aliphatic hydroxyl groups is 1. The van der Waals surface area contributed by atoms with Crippen molar-refractivity contribution in [3.63, 3.8) is 0 Å². The summed E-state index contributed by atoms with van der Waals surface area (Å²) in [6, 6.07) is 14.9. The summed E-state index contributed by atoms with van der Waals surface area (Å²) in [6.07, 6.45) is 0.325. The maximum absolute atomic E-state index is 12.0. The molecule has 0 unspecified atom stereocenters. The Hall–Kier alpha value is -2.09. The predicted molar refractivity (Wildman–Crippen MR) is 86.9 cm³/mol. The topological polar surface area (TPSA) is 49.3 Å². The van der Waals surface area contributed by atoms with Crippen LogP contribution in [0.5, 0.6) is 0 Å². The van der Waals surface area contributed by atoms with Crippen molar-refractivity contribution in [1.82, 2.24) is 0 Å². The fourth-order valence-electron chi connectivity index (χ4n) is 1.82. The number of rotatable bonds is 3. The zero-order chi connectivity index (χ0) is 15.1. The van der Waals surface area contributed by atoms with Crippen LogP contribution in [0.15, 0.2) is 53.0 Å². The number of hydrogen-bond acceptors (Lipinski definition) is 2. The molecule has 0 aromatic heterocycles. The zero-order valence-electron chi connectivity index (χ0n) is 11.3. The molecule has 0 aliphatic heterocycles. The van der Waals surface area contributed by atoms with Crippen LogP contribution in [-0.4, -0.2) is 17.6 Å². The van der Waals surface area contributed by atoms with Gasteiger partial charge >= 0.3 is 0 Å². The van der Waals surface area contributed by atoms with Crippen molar-refractivity contribution in [1.29, 1.82) is 0 Å². The summed E-state index contributed by atoms with van der Waals surface area (Å²) in [4.78, 5) is 12.0. The van der Waals surface area contributed by atoms with Crippen LogP contribution in [0.2, 0.25) is 0 Å². The molecule has 21 heavy (non-hydrogen) atoms. The molecule has 0 radical (unpaired) electrons. The van der Waals surface area contributed by atoms with Crippen LogP contribution in [0.1, 0.15) is 11.1 Å². The molecule has 3 nitrogen and oxygen atoms in total. The highest BCUT2D eigenvalue weighted by atomic mass is 79.9. The van der Waals surface area contributed by atoms with Gasteiger partial charge in [-0.05, 0) is 42.0 Å². The lowest BCUT2D eigenvalue weighted by Gasteiger charge is -2.06. The first-order valence-electron chi connectivity index (χ1n) is 6.41. The van der Waals surface area contributed by atoms with Crippen molar-refractivity contribution in [3.8, 4) is 11.8 Å². The molecule has 2 rings (SSSR count). The number of aliphatic hydroxyl groups excluding tert-OH is 1. The summed E-state index contributed by atoms with van der Waals surface area (Å²) in [6.45, 7) is -0.162. The van der Waals surface area contributed by atoms with E-state index in [1.54, 1.807) is 24.3 Å². The Bertz CT molecular complexity index is 684. The maximum Gasteiger partial charge on any atom is 0.228 e. The van der Waals surface area contributed by atoms with Gasteiger partial charge in [0.05, 0.1) is 6.42 Å². The van der Waals surface area contributed by atoms with Crippen molar-refractivity contribution < 1.29 is 9.90 Å². The third kappa shape index (κ3) is 5.07. The first-order chi connectivity index (χ1) is 10.2. The molecule has 0 aliphatic carbocycles. The molecule has 0 saturated heterocycles. The molecule has 4 heteroatoms. The zero-order valence-corrected chi connectivity index (χ0v) is 12.9. The quantitative estimate of drug-likeness (QED) is 0.841. The van der Waals surface area contributed by atoms with E-state index in [1.807, 2.05) is 24.3 Å². The highest BCUT2D eigenvalue weighted by Crippen LogP contribution is 2.13. The summed E-state index contributed by atoms with van der Waals surface area (Å²) < 4.78 is 0.958. The van der Waals surface area contributed by atoms with Crippen molar-refractivity contribution in [3.05, 3.63) is 64.1 Å². The Morgan fingerprint density at radius 1 is 1.19 bits per heavy atom. The SMILES string of the molecule is O=C(Cc1cccc(Br)c1)Nc1ccc(C#CCO)cc1. The monoisotopic (exact) mass is 343 g/mol. The van der Waals surface area contributed by atoms with E-state index in [-0.39, 0.29) is 12.5 Å². The second kappa shape index (κ2) is 7.63. The molecule has 106 valence electrons. The Morgan fingerprint density at radius 3 is 2.62 bits per heavy atom. The van der Waals surface area contributed by atoms with Crippen molar-refractivity contribution in [2.45, 2.75) is 6.42 Å². The smallest absolute Gasteiger partial charge is 0.228 e. The number of hydrogen-bond donors (Lipinski definition) is 2. The third-order valence-corrected chi connectivity index (χ3v) is 3.23. The van der Waals surface area contributed by atoms with Gasteiger partial charge in [-0.3, -0.25) is 4.79 Å². The Labute approximate surface area is 132 Å². The summed E-state index contributed by atoms with van der Waals surface area (Å²) in [7, 11) is 0. The Morgan fingerprint density at radius 2 is 1.95 bits per heavy atom. The second-order valence-corrected chi connectivity index (χ2v) is 5.31. The van der Waals surface area contributed by atoms with Gasteiger partial charge in [0.15, 0.2) is 0 Å². The van der Waals surface area contributed by atoms with E-state index < -0.39 is 0 Å². The molecule has 0 aliphatic rings. The lowest BCUT2D eigenvalue weighted by atomic mass is 10.1. The summed E-state index contributed by atoms with van der Waals surface area (Å²) in [5.74, 6) is 5.31. The fourth-order valence-corrected chi connectivity index (χ4v) is 2.26. The molecule has 2 aromatic rings. The lowest BCUT2D eigenvalue weighted by molar-refractivity contribution is -0.115. The van der Waals surface area contributed by atoms with Gasteiger partial charge in [-0.2, -0.15) is 0 Å². The number of anilines is 1. The highest BCUT2D eigenvalue weighted by molar-refractivity contribution is 9.10. The van der Waals surface area contributed by atoms with Crippen LogP contribution in [0, 0.1) is 11.8 Å². The number of halogens is 1. The third-order valence-electron chi connectivity index (χ3n) is 2.73. The van der Waals surface area contributed by atoms with Crippen LogP contribution >= 0.6 is 15.9 Å². The van der Waals surface area contributed by atoms with E-state index in [0.29, 0.717) is 6.42 Å². The minimum Gasteiger partial charge on any atom is -0.384 e. The van der Waals surface area contributed by atoms with Crippen LogP contribution in [0.3, 0.4) is 0 Å². The molecule has 2 N–H and O–H groups in total. The number of carbonyl (C=O) groups is 1. The van der Waals surface area contributed by atoms with E-state index in [4.69, 9.17) is 5.11 Å². The predicted octanol–water partition coefficient (Wildman–Crippen LogP) is 2.97. The van der Waals surface area contributed by atoms with Gasteiger partial charge in [0.1, 0.15) is 6.61 Å². The standard InChI is InChI=1S/C17H14BrNO2/c18-15-5-1-3-14(11-15)12-17(21)19-16-8-6-13(7-9-16)4-2-10-20/h1,3,5-9,11,20H,10,12H2,(H,19,21). The molecule has 2 aromatic carbocycles. The minimum atomic E-state index is -0.162. The molecule has 1 amide bonds. The molecule has 0 spiro atoms. The van der Waals surface area contributed by atoms with E-state index in [2.05, 4.69) is 33.1 Å². The van der Waals surface area contributed by atoms with Gasteiger partial charge in [0.2, 0.25) is 5.91 Å². The second-order valence-electron chi connectivity index (χ2n) is 4.39. The van der Waals surface area contributed by atoms with Crippen molar-refractivity contribution >= 4 is 27.5 Å². The number of nitrogens with one attached hydrogen (secondary N) is 1. The van der Waals surface area contributed by atoms with E-state index in [0.717, 1.165) is 21.3 Å². The Kier molecular flexibility index (Phi) is 5.56. The largest absolute Gasteiger partial charge is 0.384 e. The fraction of sp³-hybridized carbons (Fsp3) is 0.118. The molecule has 0 saturated carbocycles. The summed E-state index contributed by atoms with van der Waals surface area (Å²) in [5, 5.41) is 11.5. The maximum atomic E-state index is 12.0. The molecular formula is C17H14BrNO2. The Balaban J connectivity index is 1.96. The van der Waals surface area contributed by atoms with Gasteiger partial charge in [-0.1, -0.05) is 39.9 Å². The summed E-state index contributed by atoms with van der Waals surface area (Å²) in [5.41, 5.74) is 2.48. The molecule has 0 heterocycles.